The van der Waals surface area contributed by atoms with Crippen molar-refractivity contribution in [2.45, 2.75) is 75.3 Å². The fourth-order valence-corrected chi connectivity index (χ4v) is 3.70. The molecule has 1 aromatic carbocycles. The molecule has 186 valence electrons. The summed E-state index contributed by atoms with van der Waals surface area (Å²) in [6, 6.07) is 5.11. The van der Waals surface area contributed by atoms with E-state index in [9.17, 15) is 30.6 Å². The number of aliphatic hydroxyl groups is 6. The Bertz CT molecular complexity index is 803. The first kappa shape index (κ1) is 25.8. The predicted octanol–water partition coefficient (Wildman–Crippen LogP) is -1.24. The Kier molecular flexibility index (Phi) is 8.67. The topological polar surface area (TPSA) is 168 Å². The molecule has 2 heterocycles. The molecule has 11 heteroatoms. The van der Waals surface area contributed by atoms with Crippen molar-refractivity contribution in [3.05, 3.63) is 29.8 Å². The summed E-state index contributed by atoms with van der Waals surface area (Å²) in [5, 5.41) is 60.8. The molecule has 10 atom stereocenters. The number of benzene rings is 1. The molecule has 0 aromatic heterocycles. The summed E-state index contributed by atoms with van der Waals surface area (Å²) in [7, 11) is 1.46. The zero-order valence-corrected chi connectivity index (χ0v) is 18.6. The second-order valence-electron chi connectivity index (χ2n) is 8.06. The number of aliphatic hydroxyl groups excluding tert-OH is 6. The summed E-state index contributed by atoms with van der Waals surface area (Å²) < 4.78 is 27.5. The lowest BCUT2D eigenvalue weighted by Gasteiger charge is -2.42. The van der Waals surface area contributed by atoms with Crippen molar-refractivity contribution in [3.8, 4) is 11.5 Å². The van der Waals surface area contributed by atoms with Crippen molar-refractivity contribution in [2.24, 2.45) is 0 Å². The monoisotopic (exact) mass is 472 g/mol. The Hall–Kier alpha value is -1.80. The molecule has 2 fully saturated rings. The van der Waals surface area contributed by atoms with Gasteiger partial charge in [0, 0.05) is 0 Å². The second-order valence-corrected chi connectivity index (χ2v) is 8.06. The predicted molar refractivity (Wildman–Crippen MR) is 113 cm³/mol. The zero-order chi connectivity index (χ0) is 24.3. The number of hydrogen-bond acceptors (Lipinski definition) is 11. The minimum Gasteiger partial charge on any atom is -0.493 e. The Morgan fingerprint density at radius 2 is 1.52 bits per heavy atom. The molecule has 1 aromatic rings. The number of hydrogen-bond donors (Lipinski definition) is 6. The maximum Gasteiger partial charge on any atom is 0.229 e. The van der Waals surface area contributed by atoms with Crippen LogP contribution in [0.3, 0.4) is 0 Å². The van der Waals surface area contributed by atoms with Gasteiger partial charge in [-0.15, -0.1) is 0 Å². The van der Waals surface area contributed by atoms with E-state index in [-0.39, 0.29) is 12.4 Å². The van der Waals surface area contributed by atoms with Gasteiger partial charge in [0.2, 0.25) is 6.29 Å². The van der Waals surface area contributed by atoms with Crippen LogP contribution in [-0.4, -0.2) is 106 Å². The van der Waals surface area contributed by atoms with Gasteiger partial charge in [-0.1, -0.05) is 18.2 Å². The van der Waals surface area contributed by atoms with E-state index in [0.29, 0.717) is 5.75 Å². The lowest BCUT2D eigenvalue weighted by molar-refractivity contribution is -0.318. The number of allylic oxidation sites excluding steroid dienone is 1. The van der Waals surface area contributed by atoms with Gasteiger partial charge in [-0.3, -0.25) is 0 Å². The summed E-state index contributed by atoms with van der Waals surface area (Å²) in [5.41, 5.74) is 0.862. The molecule has 2 saturated heterocycles. The van der Waals surface area contributed by atoms with Crippen molar-refractivity contribution in [1.29, 1.82) is 0 Å². The van der Waals surface area contributed by atoms with Gasteiger partial charge in [-0.2, -0.15) is 0 Å². The highest BCUT2D eigenvalue weighted by molar-refractivity contribution is 5.55. The van der Waals surface area contributed by atoms with Gasteiger partial charge in [0.1, 0.15) is 42.7 Å². The number of rotatable bonds is 7. The van der Waals surface area contributed by atoms with E-state index < -0.39 is 61.4 Å². The summed E-state index contributed by atoms with van der Waals surface area (Å²) in [6.45, 7) is 3.00. The van der Waals surface area contributed by atoms with Gasteiger partial charge >= 0.3 is 0 Å². The lowest BCUT2D eigenvalue weighted by atomic mass is 9.98. The van der Waals surface area contributed by atoms with Crippen molar-refractivity contribution in [1.82, 2.24) is 0 Å². The lowest BCUT2D eigenvalue weighted by Crippen LogP contribution is -2.61. The highest BCUT2D eigenvalue weighted by atomic mass is 16.7. The molecule has 0 saturated carbocycles. The highest BCUT2D eigenvalue weighted by Crippen LogP contribution is 2.32. The first-order valence-corrected chi connectivity index (χ1v) is 10.7. The van der Waals surface area contributed by atoms with Crippen LogP contribution in [0.5, 0.6) is 11.5 Å². The van der Waals surface area contributed by atoms with Gasteiger partial charge in [0.25, 0.3) is 0 Å². The molecule has 10 unspecified atom stereocenters. The molecule has 6 N–H and O–H groups in total. The van der Waals surface area contributed by atoms with Gasteiger partial charge in [-0.05, 0) is 31.5 Å². The Morgan fingerprint density at radius 3 is 2.18 bits per heavy atom. The van der Waals surface area contributed by atoms with Crippen LogP contribution in [-0.2, 0) is 14.2 Å². The van der Waals surface area contributed by atoms with Crippen molar-refractivity contribution < 1.29 is 54.3 Å². The van der Waals surface area contributed by atoms with Crippen molar-refractivity contribution in [2.75, 3.05) is 13.7 Å². The summed E-state index contributed by atoms with van der Waals surface area (Å²) in [4.78, 5) is 0. The average molecular weight is 472 g/mol. The van der Waals surface area contributed by atoms with Gasteiger partial charge in [-0.25, -0.2) is 0 Å². The van der Waals surface area contributed by atoms with E-state index in [0.717, 1.165) is 5.56 Å². The third-order valence-corrected chi connectivity index (χ3v) is 5.69. The Morgan fingerprint density at radius 1 is 0.848 bits per heavy atom. The fourth-order valence-electron chi connectivity index (χ4n) is 3.70. The van der Waals surface area contributed by atoms with Gasteiger partial charge in [0.05, 0.1) is 19.8 Å². The Balaban J connectivity index is 1.69. The minimum atomic E-state index is -1.62. The molecule has 0 amide bonds. The minimum absolute atomic E-state index is 0.245. The quantitative estimate of drug-likeness (QED) is 0.281. The van der Waals surface area contributed by atoms with Crippen LogP contribution < -0.4 is 9.47 Å². The van der Waals surface area contributed by atoms with Crippen LogP contribution in [0.15, 0.2) is 24.3 Å². The molecule has 0 aliphatic carbocycles. The number of ether oxygens (including phenoxy) is 5. The van der Waals surface area contributed by atoms with Crippen LogP contribution >= 0.6 is 0 Å². The molecule has 0 radical (unpaired) electrons. The van der Waals surface area contributed by atoms with Crippen LogP contribution in [0.25, 0.3) is 6.08 Å². The first-order valence-electron chi connectivity index (χ1n) is 10.7. The Labute approximate surface area is 191 Å². The third kappa shape index (κ3) is 5.65. The van der Waals surface area contributed by atoms with E-state index >= 15 is 0 Å². The van der Waals surface area contributed by atoms with E-state index in [1.807, 2.05) is 19.1 Å². The summed E-state index contributed by atoms with van der Waals surface area (Å²) in [6.07, 6.45) is -9.99. The zero-order valence-electron chi connectivity index (χ0n) is 18.6. The maximum atomic E-state index is 10.4. The molecule has 3 rings (SSSR count). The molecule has 2 aliphatic heterocycles. The summed E-state index contributed by atoms with van der Waals surface area (Å²) >= 11 is 0. The molecular weight excluding hydrogens is 440 g/mol. The normalized spacial score (nSPS) is 39.5. The standard InChI is InChI=1S/C22H32O11/c1-4-5-11-6-7-12(13(8-11)29-3)32-22-20(28)18(26)16(24)14(33-22)9-30-21-19(27)17(25)15(23)10(2)31-21/h4-8,10,14-28H,9H2,1-3H3. The number of methoxy groups -OCH3 is 1. The van der Waals surface area contributed by atoms with Crippen LogP contribution in [0.2, 0.25) is 0 Å². The molecule has 2 aliphatic rings. The van der Waals surface area contributed by atoms with Crippen LogP contribution in [0.1, 0.15) is 19.4 Å². The van der Waals surface area contributed by atoms with E-state index in [2.05, 4.69) is 0 Å². The highest BCUT2D eigenvalue weighted by Gasteiger charge is 2.47. The van der Waals surface area contributed by atoms with Gasteiger partial charge in [0.15, 0.2) is 17.8 Å². The van der Waals surface area contributed by atoms with E-state index in [4.69, 9.17) is 23.7 Å². The second kappa shape index (κ2) is 11.1. The summed E-state index contributed by atoms with van der Waals surface area (Å²) in [5.74, 6) is 0.616. The largest absolute Gasteiger partial charge is 0.493 e. The molecule has 11 nitrogen and oxygen atoms in total. The van der Waals surface area contributed by atoms with E-state index in [1.165, 1.54) is 14.0 Å². The third-order valence-electron chi connectivity index (χ3n) is 5.69. The molecular formula is C22H32O11. The fraction of sp³-hybridized carbons (Fsp3) is 0.636. The molecule has 0 spiro atoms. The van der Waals surface area contributed by atoms with Crippen molar-refractivity contribution >= 4 is 6.08 Å². The maximum absolute atomic E-state index is 10.4. The SMILES string of the molecule is CC=Cc1ccc(OC2OC(COC3OC(C)C(O)C(O)C3O)C(O)C(O)C2O)c(OC)c1. The average Bonchev–Trinajstić information content (AvgIpc) is 2.81. The van der Waals surface area contributed by atoms with E-state index in [1.54, 1.807) is 18.2 Å². The smallest absolute Gasteiger partial charge is 0.229 e. The van der Waals surface area contributed by atoms with Crippen LogP contribution in [0.4, 0.5) is 0 Å². The van der Waals surface area contributed by atoms with Crippen LogP contribution in [0, 0.1) is 0 Å². The van der Waals surface area contributed by atoms with Crippen molar-refractivity contribution in [3.63, 3.8) is 0 Å². The first-order chi connectivity index (χ1) is 15.7. The van der Waals surface area contributed by atoms with Gasteiger partial charge < -0.3 is 54.3 Å². The molecule has 33 heavy (non-hydrogen) atoms. The molecule has 0 bridgehead atoms.